The highest BCUT2D eigenvalue weighted by Crippen LogP contribution is 2.18. The average molecular weight is 418 g/mol. The molecule has 1 aromatic heterocycles. The van der Waals surface area contributed by atoms with Crippen molar-refractivity contribution in [2.45, 2.75) is 13.3 Å². The second-order valence-electron chi connectivity index (χ2n) is 7.62. The molecule has 0 fully saturated rings. The highest BCUT2D eigenvalue weighted by Gasteiger charge is 2.28. The van der Waals surface area contributed by atoms with Crippen molar-refractivity contribution >= 4 is 28.6 Å². The predicted molar refractivity (Wildman–Crippen MR) is 119 cm³/mol. The highest BCUT2D eigenvalue weighted by molar-refractivity contribution is 6.08. The second-order valence-corrected chi connectivity index (χ2v) is 7.62. The van der Waals surface area contributed by atoms with E-state index in [1.807, 2.05) is 31.3 Å². The van der Waals surface area contributed by atoms with Crippen molar-refractivity contribution in [1.29, 1.82) is 0 Å². The van der Waals surface area contributed by atoms with Crippen molar-refractivity contribution in [3.05, 3.63) is 71.4 Å². The number of nitrogens with one attached hydrogen (secondary N) is 2. The molecule has 1 aliphatic heterocycles. The first kappa shape index (κ1) is 20.7. The van der Waals surface area contributed by atoms with Crippen molar-refractivity contribution in [3.63, 3.8) is 0 Å². The molecule has 0 atom stereocenters. The van der Waals surface area contributed by atoms with Gasteiger partial charge in [0.15, 0.2) is 0 Å². The van der Waals surface area contributed by atoms with Gasteiger partial charge in [0.05, 0.1) is 17.7 Å². The molecule has 0 unspecified atom stereocenters. The topological polar surface area (TPSA) is 85.5 Å². The third kappa shape index (κ3) is 4.30. The Balaban J connectivity index is 1.41. The molecule has 0 bridgehead atoms. The first-order valence-corrected chi connectivity index (χ1v) is 10.6. The lowest BCUT2D eigenvalue weighted by Gasteiger charge is -2.31. The van der Waals surface area contributed by atoms with Crippen molar-refractivity contribution < 1.29 is 14.4 Å². The van der Waals surface area contributed by atoms with Crippen LogP contribution in [0.5, 0.6) is 0 Å². The van der Waals surface area contributed by atoms with Crippen molar-refractivity contribution in [3.8, 4) is 0 Å². The van der Waals surface area contributed by atoms with Gasteiger partial charge in [0, 0.05) is 43.3 Å². The minimum Gasteiger partial charge on any atom is -0.361 e. The van der Waals surface area contributed by atoms with Crippen molar-refractivity contribution in [2.75, 3.05) is 32.7 Å². The number of carbonyl (C=O) groups is 3. The molecule has 2 N–H and O–H groups in total. The minimum absolute atomic E-state index is 0.0349. The van der Waals surface area contributed by atoms with Crippen molar-refractivity contribution in [2.24, 2.45) is 0 Å². The third-order valence-corrected chi connectivity index (χ3v) is 5.71. The molecule has 1 aliphatic rings. The Morgan fingerprint density at radius 1 is 0.968 bits per heavy atom. The molecule has 7 heteroatoms. The van der Waals surface area contributed by atoms with Crippen LogP contribution in [0.25, 0.3) is 10.9 Å². The van der Waals surface area contributed by atoms with Crippen LogP contribution in [0.3, 0.4) is 0 Å². The van der Waals surface area contributed by atoms with Crippen LogP contribution in [-0.2, 0) is 11.2 Å². The zero-order chi connectivity index (χ0) is 21.8. The fraction of sp³-hybridized carbons (Fsp3) is 0.292. The summed E-state index contributed by atoms with van der Waals surface area (Å²) in [4.78, 5) is 44.8. The summed E-state index contributed by atoms with van der Waals surface area (Å²) in [7, 11) is 0. The average Bonchev–Trinajstić information content (AvgIpc) is 3.20. The number of hydrogen-bond donors (Lipinski definition) is 2. The Labute approximate surface area is 181 Å². The summed E-state index contributed by atoms with van der Waals surface area (Å²) in [5, 5.41) is 4.07. The number of rotatable bonds is 6. The van der Waals surface area contributed by atoms with Gasteiger partial charge in [0.1, 0.15) is 0 Å². The number of hydrogen-bond acceptors (Lipinski definition) is 3. The lowest BCUT2D eigenvalue weighted by atomic mass is 10.0. The van der Waals surface area contributed by atoms with Crippen LogP contribution < -0.4 is 5.32 Å². The van der Waals surface area contributed by atoms with E-state index in [0.29, 0.717) is 43.7 Å². The van der Waals surface area contributed by atoms with Gasteiger partial charge in [0.25, 0.3) is 11.8 Å². The molecule has 3 amide bonds. The maximum atomic E-state index is 13.0. The summed E-state index contributed by atoms with van der Waals surface area (Å²) < 4.78 is 0. The Morgan fingerprint density at radius 2 is 1.61 bits per heavy atom. The van der Waals surface area contributed by atoms with Crippen LogP contribution >= 0.6 is 0 Å². The van der Waals surface area contributed by atoms with Crippen LogP contribution in [0.1, 0.15) is 33.2 Å². The van der Waals surface area contributed by atoms with Crippen LogP contribution in [0.15, 0.2) is 54.7 Å². The molecular weight excluding hydrogens is 392 g/mol. The Kier molecular flexibility index (Phi) is 6.02. The molecule has 0 aliphatic carbocycles. The fourth-order valence-electron chi connectivity index (χ4n) is 4.00. The zero-order valence-corrected chi connectivity index (χ0v) is 17.6. The maximum absolute atomic E-state index is 13.0. The van der Waals surface area contributed by atoms with Gasteiger partial charge in [-0.3, -0.25) is 14.4 Å². The van der Waals surface area contributed by atoms with E-state index >= 15 is 0 Å². The first-order chi connectivity index (χ1) is 15.1. The van der Waals surface area contributed by atoms with Gasteiger partial charge in [-0.15, -0.1) is 0 Å². The number of fused-ring (bicyclic) bond motifs is 2. The molecule has 2 heterocycles. The summed E-state index contributed by atoms with van der Waals surface area (Å²) in [6.45, 7) is 3.63. The quantitative estimate of drug-likeness (QED) is 0.645. The number of benzene rings is 2. The predicted octanol–water partition coefficient (Wildman–Crippen LogP) is 2.44. The van der Waals surface area contributed by atoms with E-state index in [4.69, 9.17) is 0 Å². The fourth-order valence-corrected chi connectivity index (χ4v) is 4.00. The van der Waals surface area contributed by atoms with E-state index in [-0.39, 0.29) is 24.3 Å². The number of carbonyl (C=O) groups excluding carboxylic acids is 3. The molecule has 31 heavy (non-hydrogen) atoms. The standard InChI is InChI=1S/C24H26N4O3/c1-2-27-13-14-28(24(31)20-9-4-3-8-19(20)23(27)30)16-22(29)25-12-11-17-15-26-21-10-6-5-7-18(17)21/h3-10,15,26H,2,11-14,16H2,1H3,(H,25,29). The Hall–Kier alpha value is -3.61. The molecule has 0 saturated carbocycles. The molecule has 0 radical (unpaired) electrons. The van der Waals surface area contributed by atoms with E-state index in [0.717, 1.165) is 16.5 Å². The highest BCUT2D eigenvalue weighted by atomic mass is 16.2. The van der Waals surface area contributed by atoms with Gasteiger partial charge in [-0.1, -0.05) is 30.3 Å². The normalized spacial score (nSPS) is 14.4. The molecule has 0 spiro atoms. The van der Waals surface area contributed by atoms with Gasteiger partial charge in [-0.2, -0.15) is 0 Å². The second kappa shape index (κ2) is 9.04. The lowest BCUT2D eigenvalue weighted by Crippen LogP contribution is -2.48. The smallest absolute Gasteiger partial charge is 0.255 e. The van der Waals surface area contributed by atoms with Gasteiger partial charge in [0.2, 0.25) is 5.91 Å². The number of nitrogens with zero attached hydrogens (tertiary/aromatic N) is 2. The molecule has 7 nitrogen and oxygen atoms in total. The zero-order valence-electron chi connectivity index (χ0n) is 17.6. The van der Waals surface area contributed by atoms with Crippen LogP contribution in [-0.4, -0.2) is 65.2 Å². The van der Waals surface area contributed by atoms with Crippen molar-refractivity contribution in [1.82, 2.24) is 20.1 Å². The summed E-state index contributed by atoms with van der Waals surface area (Å²) in [5.74, 6) is -0.638. The van der Waals surface area contributed by atoms with Gasteiger partial charge >= 0.3 is 0 Å². The van der Waals surface area contributed by atoms with Gasteiger partial charge in [-0.25, -0.2) is 0 Å². The maximum Gasteiger partial charge on any atom is 0.255 e. The number of para-hydroxylation sites is 1. The summed E-state index contributed by atoms with van der Waals surface area (Å²) in [6.07, 6.45) is 2.66. The molecular formula is C24H26N4O3. The van der Waals surface area contributed by atoms with Gasteiger partial charge < -0.3 is 20.1 Å². The number of aromatic nitrogens is 1. The molecule has 160 valence electrons. The third-order valence-electron chi connectivity index (χ3n) is 5.71. The number of amides is 3. The first-order valence-electron chi connectivity index (χ1n) is 10.6. The molecule has 3 aromatic rings. The van der Waals surface area contributed by atoms with E-state index in [9.17, 15) is 14.4 Å². The molecule has 2 aromatic carbocycles. The summed E-state index contributed by atoms with van der Waals surface area (Å²) in [6, 6.07) is 14.9. The minimum atomic E-state index is -0.286. The van der Waals surface area contributed by atoms with E-state index in [2.05, 4.69) is 16.4 Å². The van der Waals surface area contributed by atoms with E-state index < -0.39 is 0 Å². The number of aromatic amines is 1. The van der Waals surface area contributed by atoms with Crippen LogP contribution in [0.4, 0.5) is 0 Å². The molecule has 4 rings (SSSR count). The monoisotopic (exact) mass is 418 g/mol. The van der Waals surface area contributed by atoms with E-state index in [1.165, 1.54) is 4.90 Å². The van der Waals surface area contributed by atoms with Crippen LogP contribution in [0.2, 0.25) is 0 Å². The molecule has 0 saturated heterocycles. The Morgan fingerprint density at radius 3 is 2.35 bits per heavy atom. The SMILES string of the molecule is CCN1CCN(CC(=O)NCCc2c[nH]c3ccccc23)C(=O)c2ccccc2C1=O. The van der Waals surface area contributed by atoms with E-state index in [1.54, 1.807) is 29.2 Å². The van der Waals surface area contributed by atoms with Gasteiger partial charge in [-0.05, 0) is 37.1 Å². The lowest BCUT2D eigenvalue weighted by molar-refractivity contribution is -0.121. The van der Waals surface area contributed by atoms with Crippen LogP contribution in [0, 0.1) is 0 Å². The Bertz CT molecular complexity index is 1120. The number of likely N-dealkylation sites (N-methyl/N-ethyl adjacent to an activating group) is 1. The summed E-state index contributed by atoms with van der Waals surface area (Å²) >= 11 is 0. The summed E-state index contributed by atoms with van der Waals surface area (Å²) in [5.41, 5.74) is 2.95. The largest absolute Gasteiger partial charge is 0.361 e. The number of H-pyrrole nitrogens is 1.